The number of hydrogen-bond acceptors (Lipinski definition) is 3. The quantitative estimate of drug-likeness (QED) is 0.774. The van der Waals surface area contributed by atoms with E-state index in [9.17, 15) is 14.0 Å². The molecule has 0 heterocycles. The minimum Gasteiger partial charge on any atom is -0.483 e. The summed E-state index contributed by atoms with van der Waals surface area (Å²) < 4.78 is 18.7. The molecule has 2 rings (SSSR count). The summed E-state index contributed by atoms with van der Waals surface area (Å²) in [5.74, 6) is -0.950. The molecule has 0 aliphatic heterocycles. The van der Waals surface area contributed by atoms with Crippen molar-refractivity contribution in [3.05, 3.63) is 64.4 Å². The highest BCUT2D eigenvalue weighted by Crippen LogP contribution is 2.21. The lowest BCUT2D eigenvalue weighted by Crippen LogP contribution is -2.28. The highest BCUT2D eigenvalue weighted by atomic mass is 35.5. The normalized spacial score (nSPS) is 10.3. The van der Waals surface area contributed by atoms with E-state index >= 15 is 0 Å². The number of carbonyl (C=O) groups is 2. The molecule has 0 bridgehead atoms. The Morgan fingerprint density at radius 1 is 1.21 bits per heavy atom. The lowest BCUT2D eigenvalue weighted by molar-refractivity contribution is -0.123. The van der Waals surface area contributed by atoms with Crippen LogP contribution in [0.25, 0.3) is 0 Å². The van der Waals surface area contributed by atoms with Crippen LogP contribution in [0.5, 0.6) is 5.75 Å². The first-order chi connectivity index (χ1) is 11.5. The van der Waals surface area contributed by atoms with Crippen LogP contribution < -0.4 is 10.1 Å². The number of benzene rings is 2. The number of hydrogen-bond donors (Lipinski definition) is 1. The van der Waals surface area contributed by atoms with Gasteiger partial charge in [-0.15, -0.1) is 0 Å². The standard InChI is InChI=1S/C18H17ClFNO3/c1-2-16(22)14-9-13(20)7-8-17(14)24-11-18(23)21-10-12-5-3-4-6-15(12)19/h3-9H,2,10-11H2,1H3,(H,21,23). The Hall–Kier alpha value is -2.40. The summed E-state index contributed by atoms with van der Waals surface area (Å²) in [5.41, 5.74) is 0.924. The lowest BCUT2D eigenvalue weighted by Gasteiger charge is -2.11. The Morgan fingerprint density at radius 3 is 2.67 bits per heavy atom. The molecule has 24 heavy (non-hydrogen) atoms. The Morgan fingerprint density at radius 2 is 1.96 bits per heavy atom. The number of Topliss-reactive ketones (excluding diaryl/α,β-unsaturated/α-hetero) is 1. The number of carbonyl (C=O) groups excluding carboxylic acids is 2. The molecule has 0 spiro atoms. The lowest BCUT2D eigenvalue weighted by atomic mass is 10.1. The molecule has 0 saturated heterocycles. The van der Waals surface area contributed by atoms with Crippen LogP contribution in [0.3, 0.4) is 0 Å². The third-order valence-electron chi connectivity index (χ3n) is 3.36. The van der Waals surface area contributed by atoms with E-state index in [1.807, 2.05) is 12.1 Å². The van der Waals surface area contributed by atoms with Crippen molar-refractivity contribution in [2.45, 2.75) is 19.9 Å². The van der Waals surface area contributed by atoms with Gasteiger partial charge in [0.25, 0.3) is 5.91 Å². The molecule has 0 atom stereocenters. The summed E-state index contributed by atoms with van der Waals surface area (Å²) in [6.45, 7) is 1.67. The van der Waals surface area contributed by atoms with Crippen molar-refractivity contribution in [2.24, 2.45) is 0 Å². The average molecular weight is 350 g/mol. The fourth-order valence-corrected chi connectivity index (χ4v) is 2.27. The number of nitrogens with one attached hydrogen (secondary N) is 1. The minimum atomic E-state index is -0.526. The molecule has 126 valence electrons. The molecule has 4 nitrogen and oxygen atoms in total. The highest BCUT2D eigenvalue weighted by molar-refractivity contribution is 6.31. The van der Waals surface area contributed by atoms with E-state index in [2.05, 4.69) is 5.32 Å². The SMILES string of the molecule is CCC(=O)c1cc(F)ccc1OCC(=O)NCc1ccccc1Cl. The molecule has 1 N–H and O–H groups in total. The van der Waals surface area contributed by atoms with Crippen LogP contribution in [0.15, 0.2) is 42.5 Å². The molecule has 0 aliphatic rings. The summed E-state index contributed by atoms with van der Waals surface area (Å²) >= 11 is 6.01. The molecule has 0 fully saturated rings. The summed E-state index contributed by atoms with van der Waals surface area (Å²) in [7, 11) is 0. The maximum absolute atomic E-state index is 13.3. The number of ketones is 1. The van der Waals surface area contributed by atoms with Crippen molar-refractivity contribution in [3.63, 3.8) is 0 Å². The minimum absolute atomic E-state index is 0.136. The van der Waals surface area contributed by atoms with Crippen molar-refractivity contribution in [1.29, 1.82) is 0 Å². The first kappa shape index (κ1) is 17.9. The Balaban J connectivity index is 1.94. The third-order valence-corrected chi connectivity index (χ3v) is 3.72. The van der Waals surface area contributed by atoms with Gasteiger partial charge in [-0.05, 0) is 29.8 Å². The number of ether oxygens (including phenoxy) is 1. The summed E-state index contributed by atoms with van der Waals surface area (Å²) in [4.78, 5) is 23.7. The van der Waals surface area contributed by atoms with Gasteiger partial charge in [0.05, 0.1) is 5.56 Å². The third kappa shape index (κ3) is 4.80. The van der Waals surface area contributed by atoms with Gasteiger partial charge in [0, 0.05) is 18.0 Å². The molecule has 2 aromatic carbocycles. The molecule has 0 unspecified atom stereocenters. The second kappa shape index (κ2) is 8.45. The molecule has 1 amide bonds. The van der Waals surface area contributed by atoms with Gasteiger partial charge < -0.3 is 10.1 Å². The molecule has 0 saturated carbocycles. The van der Waals surface area contributed by atoms with Gasteiger partial charge in [-0.25, -0.2) is 4.39 Å². The van der Waals surface area contributed by atoms with E-state index in [0.29, 0.717) is 5.02 Å². The highest BCUT2D eigenvalue weighted by Gasteiger charge is 2.13. The van der Waals surface area contributed by atoms with E-state index in [-0.39, 0.29) is 42.6 Å². The van der Waals surface area contributed by atoms with Crippen molar-refractivity contribution >= 4 is 23.3 Å². The van der Waals surface area contributed by atoms with Gasteiger partial charge >= 0.3 is 0 Å². The second-order valence-corrected chi connectivity index (χ2v) is 5.48. The van der Waals surface area contributed by atoms with Crippen LogP contribution in [0.2, 0.25) is 5.02 Å². The van der Waals surface area contributed by atoms with Gasteiger partial charge in [-0.1, -0.05) is 36.7 Å². The Kier molecular flexibility index (Phi) is 6.32. The zero-order valence-electron chi connectivity index (χ0n) is 13.1. The number of amides is 1. The fourth-order valence-electron chi connectivity index (χ4n) is 2.07. The van der Waals surface area contributed by atoms with Crippen molar-refractivity contribution in [1.82, 2.24) is 5.32 Å². The second-order valence-electron chi connectivity index (χ2n) is 5.07. The smallest absolute Gasteiger partial charge is 0.258 e. The van der Waals surface area contributed by atoms with Gasteiger partial charge in [0.15, 0.2) is 12.4 Å². The predicted octanol–water partition coefficient (Wildman–Crippen LogP) is 3.77. The number of halogens is 2. The van der Waals surface area contributed by atoms with Crippen LogP contribution in [0.1, 0.15) is 29.3 Å². The summed E-state index contributed by atoms with van der Waals surface area (Å²) in [6.07, 6.45) is 0.221. The van der Waals surface area contributed by atoms with Gasteiger partial charge in [-0.3, -0.25) is 9.59 Å². The predicted molar refractivity (Wildman–Crippen MR) is 89.8 cm³/mol. The summed E-state index contributed by atoms with van der Waals surface area (Å²) in [5, 5.41) is 3.24. The van der Waals surface area contributed by atoms with E-state index in [4.69, 9.17) is 16.3 Å². The fraction of sp³-hybridized carbons (Fsp3) is 0.222. The average Bonchev–Trinajstić information content (AvgIpc) is 2.59. The van der Waals surface area contributed by atoms with E-state index < -0.39 is 5.82 Å². The van der Waals surface area contributed by atoms with Gasteiger partial charge in [0.1, 0.15) is 11.6 Å². The zero-order valence-corrected chi connectivity index (χ0v) is 13.9. The van der Waals surface area contributed by atoms with Gasteiger partial charge in [0.2, 0.25) is 0 Å². The van der Waals surface area contributed by atoms with Crippen LogP contribution in [-0.4, -0.2) is 18.3 Å². The van der Waals surface area contributed by atoms with E-state index in [1.165, 1.54) is 12.1 Å². The molecule has 0 aromatic heterocycles. The van der Waals surface area contributed by atoms with Crippen LogP contribution in [0, 0.1) is 5.82 Å². The largest absolute Gasteiger partial charge is 0.483 e. The molecule has 0 radical (unpaired) electrons. The maximum atomic E-state index is 13.3. The molecule has 2 aromatic rings. The first-order valence-corrected chi connectivity index (χ1v) is 7.84. The van der Waals surface area contributed by atoms with Crippen molar-refractivity contribution in [3.8, 4) is 5.75 Å². The molecule has 0 aliphatic carbocycles. The zero-order chi connectivity index (χ0) is 17.5. The van der Waals surface area contributed by atoms with Gasteiger partial charge in [-0.2, -0.15) is 0 Å². The topological polar surface area (TPSA) is 55.4 Å². The van der Waals surface area contributed by atoms with Crippen LogP contribution >= 0.6 is 11.6 Å². The van der Waals surface area contributed by atoms with Crippen molar-refractivity contribution < 1.29 is 18.7 Å². The maximum Gasteiger partial charge on any atom is 0.258 e. The molecular formula is C18H17ClFNO3. The Bertz CT molecular complexity index is 749. The summed E-state index contributed by atoms with van der Waals surface area (Å²) in [6, 6.07) is 10.8. The molecular weight excluding hydrogens is 333 g/mol. The monoisotopic (exact) mass is 349 g/mol. The van der Waals surface area contributed by atoms with Crippen molar-refractivity contribution in [2.75, 3.05) is 6.61 Å². The van der Waals surface area contributed by atoms with Crippen LogP contribution in [-0.2, 0) is 11.3 Å². The van der Waals surface area contributed by atoms with Crippen LogP contribution in [0.4, 0.5) is 4.39 Å². The number of rotatable bonds is 7. The first-order valence-electron chi connectivity index (χ1n) is 7.47. The van der Waals surface area contributed by atoms with E-state index in [0.717, 1.165) is 11.6 Å². The van der Waals surface area contributed by atoms with E-state index in [1.54, 1.807) is 19.1 Å². The Labute approximate surface area is 144 Å². The molecule has 6 heteroatoms.